The number of rotatable bonds is 4. The molecule has 1 aliphatic rings. The molecule has 1 heterocycles. The number of hydrogen-bond acceptors (Lipinski definition) is 3. The number of amides is 1. The number of hydrogen-bond donors (Lipinski definition) is 1. The third kappa shape index (κ3) is 3.38. The second kappa shape index (κ2) is 6.77. The molecule has 2 rings (SSSR count). The highest BCUT2D eigenvalue weighted by Gasteiger charge is 2.33. The van der Waals surface area contributed by atoms with Gasteiger partial charge in [0, 0.05) is 18.0 Å². The Morgan fingerprint density at radius 1 is 1.36 bits per heavy atom. The van der Waals surface area contributed by atoms with Gasteiger partial charge in [-0.15, -0.1) is 0 Å². The second-order valence-electron chi connectivity index (χ2n) is 5.82. The van der Waals surface area contributed by atoms with Crippen molar-refractivity contribution < 1.29 is 14.3 Å². The van der Waals surface area contributed by atoms with Crippen LogP contribution >= 0.6 is 0 Å². The smallest absolute Gasteiger partial charge is 0.336 e. The zero-order chi connectivity index (χ0) is 16.3. The summed E-state index contributed by atoms with van der Waals surface area (Å²) < 4.78 is 5.49. The Kier molecular flexibility index (Phi) is 5.01. The van der Waals surface area contributed by atoms with Crippen molar-refractivity contribution in [1.29, 1.82) is 0 Å². The number of esters is 1. The molecule has 118 valence electrons. The lowest BCUT2D eigenvalue weighted by Gasteiger charge is -2.28. The molecule has 0 saturated heterocycles. The van der Waals surface area contributed by atoms with Crippen molar-refractivity contribution in [3.8, 4) is 0 Å². The lowest BCUT2D eigenvalue weighted by Crippen LogP contribution is -2.35. The number of nitrogens with one attached hydrogen (secondary N) is 1. The van der Waals surface area contributed by atoms with Gasteiger partial charge in [-0.25, -0.2) is 4.79 Å². The molecule has 1 aliphatic heterocycles. The number of carbonyl (C=O) groups excluding carboxylic acids is 2. The van der Waals surface area contributed by atoms with E-state index in [9.17, 15) is 9.59 Å². The van der Waals surface area contributed by atoms with E-state index >= 15 is 0 Å². The van der Waals surface area contributed by atoms with Crippen LogP contribution in [0.25, 0.3) is 0 Å². The standard InChI is InChI=1S/C18H23NO3/c1-5-12(3)22-18(21)17-13(4)19-16(20)10-15(17)14-9-7-6-8-11(14)2/h6-9,12,15H,5,10H2,1-4H3,(H,19,20)/t12-,15-/m0/s1. The Bertz CT molecular complexity index is 619. The third-order valence-electron chi connectivity index (χ3n) is 4.14. The van der Waals surface area contributed by atoms with Crippen LogP contribution in [0.5, 0.6) is 0 Å². The highest BCUT2D eigenvalue weighted by Crippen LogP contribution is 2.35. The van der Waals surface area contributed by atoms with Crippen molar-refractivity contribution in [2.24, 2.45) is 0 Å². The molecule has 1 N–H and O–H groups in total. The minimum atomic E-state index is -0.333. The van der Waals surface area contributed by atoms with E-state index in [2.05, 4.69) is 5.32 Å². The molecular weight excluding hydrogens is 278 g/mol. The van der Waals surface area contributed by atoms with Crippen LogP contribution in [0, 0.1) is 6.92 Å². The summed E-state index contributed by atoms with van der Waals surface area (Å²) in [5, 5.41) is 2.76. The molecule has 4 heteroatoms. The molecule has 0 aliphatic carbocycles. The molecule has 4 nitrogen and oxygen atoms in total. The fraction of sp³-hybridized carbons (Fsp3) is 0.444. The number of carbonyl (C=O) groups is 2. The highest BCUT2D eigenvalue weighted by atomic mass is 16.5. The molecule has 0 fully saturated rings. The van der Waals surface area contributed by atoms with E-state index in [1.165, 1.54) is 0 Å². The van der Waals surface area contributed by atoms with Crippen LogP contribution < -0.4 is 5.32 Å². The molecular formula is C18H23NO3. The van der Waals surface area contributed by atoms with E-state index in [1.54, 1.807) is 6.92 Å². The Morgan fingerprint density at radius 2 is 2.05 bits per heavy atom. The van der Waals surface area contributed by atoms with Crippen LogP contribution in [0.4, 0.5) is 0 Å². The number of allylic oxidation sites excluding steroid dienone is 1. The minimum absolute atomic E-state index is 0.0640. The molecule has 1 aromatic carbocycles. The lowest BCUT2D eigenvalue weighted by atomic mass is 9.82. The SMILES string of the molecule is CC[C@H](C)OC(=O)C1=C(C)NC(=O)C[C@H]1c1ccccc1C. The molecule has 0 spiro atoms. The number of ether oxygens (including phenoxy) is 1. The Labute approximate surface area is 131 Å². The van der Waals surface area contributed by atoms with Crippen molar-refractivity contribution in [1.82, 2.24) is 5.32 Å². The summed E-state index contributed by atoms with van der Waals surface area (Å²) >= 11 is 0. The summed E-state index contributed by atoms with van der Waals surface area (Å²) in [5.41, 5.74) is 3.24. The van der Waals surface area contributed by atoms with Crippen LogP contribution in [-0.4, -0.2) is 18.0 Å². The summed E-state index contributed by atoms with van der Waals surface area (Å²) in [5.74, 6) is -0.641. The van der Waals surface area contributed by atoms with Gasteiger partial charge in [0.25, 0.3) is 0 Å². The zero-order valence-corrected chi connectivity index (χ0v) is 13.6. The van der Waals surface area contributed by atoms with Crippen LogP contribution in [0.3, 0.4) is 0 Å². The average molecular weight is 301 g/mol. The van der Waals surface area contributed by atoms with Gasteiger partial charge in [-0.05, 0) is 38.3 Å². The van der Waals surface area contributed by atoms with E-state index in [1.807, 2.05) is 45.0 Å². The van der Waals surface area contributed by atoms with Gasteiger partial charge in [0.2, 0.25) is 5.91 Å². The summed E-state index contributed by atoms with van der Waals surface area (Å²) in [4.78, 5) is 24.5. The summed E-state index contributed by atoms with van der Waals surface area (Å²) in [6.07, 6.45) is 0.898. The quantitative estimate of drug-likeness (QED) is 0.869. The predicted octanol–water partition coefficient (Wildman–Crippen LogP) is 3.21. The van der Waals surface area contributed by atoms with E-state index in [-0.39, 0.29) is 30.3 Å². The zero-order valence-electron chi connectivity index (χ0n) is 13.6. The van der Waals surface area contributed by atoms with E-state index in [4.69, 9.17) is 4.74 Å². The second-order valence-corrected chi connectivity index (χ2v) is 5.82. The van der Waals surface area contributed by atoms with Gasteiger partial charge in [0.15, 0.2) is 0 Å². The summed E-state index contributed by atoms with van der Waals surface area (Å²) in [6.45, 7) is 7.60. The first-order valence-electron chi connectivity index (χ1n) is 7.71. The summed E-state index contributed by atoms with van der Waals surface area (Å²) in [7, 11) is 0. The monoisotopic (exact) mass is 301 g/mol. The van der Waals surface area contributed by atoms with Gasteiger partial charge < -0.3 is 10.1 Å². The maximum Gasteiger partial charge on any atom is 0.336 e. The molecule has 1 aromatic rings. The van der Waals surface area contributed by atoms with Crippen molar-refractivity contribution in [3.05, 3.63) is 46.7 Å². The first kappa shape index (κ1) is 16.3. The van der Waals surface area contributed by atoms with Crippen LogP contribution in [0.15, 0.2) is 35.5 Å². The first-order valence-corrected chi connectivity index (χ1v) is 7.71. The minimum Gasteiger partial charge on any atom is -0.459 e. The van der Waals surface area contributed by atoms with Crippen molar-refractivity contribution >= 4 is 11.9 Å². The molecule has 1 amide bonds. The maximum absolute atomic E-state index is 12.5. The lowest BCUT2D eigenvalue weighted by molar-refractivity contribution is -0.144. The number of benzene rings is 1. The third-order valence-corrected chi connectivity index (χ3v) is 4.14. The molecule has 2 atom stereocenters. The predicted molar refractivity (Wildman–Crippen MR) is 85.2 cm³/mol. The Balaban J connectivity index is 2.41. The van der Waals surface area contributed by atoms with E-state index in [0.29, 0.717) is 11.3 Å². The molecule has 0 aromatic heterocycles. The van der Waals surface area contributed by atoms with Gasteiger partial charge in [-0.1, -0.05) is 31.2 Å². The molecule has 0 saturated carbocycles. The molecule has 0 unspecified atom stereocenters. The van der Waals surface area contributed by atoms with Crippen LogP contribution in [0.2, 0.25) is 0 Å². The van der Waals surface area contributed by atoms with E-state index < -0.39 is 0 Å². The average Bonchev–Trinajstić information content (AvgIpc) is 2.46. The Morgan fingerprint density at radius 3 is 2.68 bits per heavy atom. The van der Waals surface area contributed by atoms with Crippen molar-refractivity contribution in [2.45, 2.75) is 52.6 Å². The van der Waals surface area contributed by atoms with Gasteiger partial charge in [0.1, 0.15) is 0 Å². The van der Waals surface area contributed by atoms with Gasteiger partial charge >= 0.3 is 5.97 Å². The normalized spacial score (nSPS) is 19.6. The highest BCUT2D eigenvalue weighted by molar-refractivity contribution is 5.96. The topological polar surface area (TPSA) is 55.4 Å². The van der Waals surface area contributed by atoms with Gasteiger partial charge in [-0.2, -0.15) is 0 Å². The van der Waals surface area contributed by atoms with Crippen molar-refractivity contribution in [3.63, 3.8) is 0 Å². The van der Waals surface area contributed by atoms with Crippen LogP contribution in [0.1, 0.15) is 50.7 Å². The van der Waals surface area contributed by atoms with Crippen LogP contribution in [-0.2, 0) is 14.3 Å². The number of aryl methyl sites for hydroxylation is 1. The fourth-order valence-corrected chi connectivity index (χ4v) is 2.74. The van der Waals surface area contributed by atoms with Gasteiger partial charge in [-0.3, -0.25) is 4.79 Å². The van der Waals surface area contributed by atoms with Gasteiger partial charge in [0.05, 0.1) is 11.7 Å². The van der Waals surface area contributed by atoms with E-state index in [0.717, 1.165) is 17.5 Å². The maximum atomic E-state index is 12.5. The molecule has 22 heavy (non-hydrogen) atoms. The fourth-order valence-electron chi connectivity index (χ4n) is 2.74. The largest absolute Gasteiger partial charge is 0.459 e. The summed E-state index contributed by atoms with van der Waals surface area (Å²) in [6, 6.07) is 7.86. The Hall–Kier alpha value is -2.10. The first-order chi connectivity index (χ1) is 10.4. The van der Waals surface area contributed by atoms with Crippen molar-refractivity contribution in [2.75, 3.05) is 0 Å². The molecule has 0 radical (unpaired) electrons. The molecule has 0 bridgehead atoms.